The van der Waals surface area contributed by atoms with Gasteiger partial charge in [0.25, 0.3) is 5.91 Å². The molecule has 2 N–H and O–H groups in total. The smallest absolute Gasteiger partial charge is 0.255 e. The van der Waals surface area contributed by atoms with E-state index in [1.165, 1.54) is 12.1 Å². The maximum absolute atomic E-state index is 13.4. The molecular weight excluding hydrogens is 386 g/mol. The van der Waals surface area contributed by atoms with Crippen molar-refractivity contribution in [1.29, 1.82) is 0 Å². The van der Waals surface area contributed by atoms with Crippen LogP contribution in [0.4, 0.5) is 5.69 Å². The molecule has 0 radical (unpaired) electrons. The zero-order chi connectivity index (χ0) is 21.2. The first-order valence-corrected chi connectivity index (χ1v) is 10.7. The van der Waals surface area contributed by atoms with Gasteiger partial charge in [0.15, 0.2) is 0 Å². The molecule has 29 heavy (non-hydrogen) atoms. The van der Waals surface area contributed by atoms with Crippen LogP contribution in [0.25, 0.3) is 0 Å². The van der Waals surface area contributed by atoms with E-state index in [2.05, 4.69) is 5.32 Å². The SMILES string of the molecule is Cc1cc(NC(=O)c2ccccc2)c(C(C)C)c(S(=O)(=O)c2ccccc2)c1O. The van der Waals surface area contributed by atoms with Crippen molar-refractivity contribution in [3.63, 3.8) is 0 Å². The second kappa shape index (κ2) is 8.09. The molecule has 3 aromatic carbocycles. The lowest BCUT2D eigenvalue weighted by molar-refractivity contribution is 0.102. The summed E-state index contributed by atoms with van der Waals surface area (Å²) in [5, 5.41) is 13.5. The molecule has 0 unspecified atom stereocenters. The number of sulfone groups is 1. The van der Waals surface area contributed by atoms with Gasteiger partial charge in [0.05, 0.1) is 4.90 Å². The average Bonchev–Trinajstić information content (AvgIpc) is 2.71. The summed E-state index contributed by atoms with van der Waals surface area (Å²) >= 11 is 0. The molecule has 3 rings (SSSR count). The van der Waals surface area contributed by atoms with E-state index in [0.717, 1.165) is 0 Å². The Balaban J connectivity index is 2.21. The van der Waals surface area contributed by atoms with Gasteiger partial charge in [0, 0.05) is 16.8 Å². The summed E-state index contributed by atoms with van der Waals surface area (Å²) in [4.78, 5) is 12.6. The zero-order valence-electron chi connectivity index (χ0n) is 16.5. The van der Waals surface area contributed by atoms with Gasteiger partial charge in [-0.2, -0.15) is 0 Å². The fraction of sp³-hybridized carbons (Fsp3) is 0.174. The van der Waals surface area contributed by atoms with Crippen molar-refractivity contribution in [3.05, 3.63) is 83.4 Å². The minimum Gasteiger partial charge on any atom is -0.506 e. The number of aromatic hydroxyl groups is 1. The lowest BCUT2D eigenvalue weighted by Crippen LogP contribution is -2.16. The van der Waals surface area contributed by atoms with Gasteiger partial charge in [-0.15, -0.1) is 0 Å². The summed E-state index contributed by atoms with van der Waals surface area (Å²) in [5.41, 5.74) is 1.58. The lowest BCUT2D eigenvalue weighted by atomic mass is 9.98. The average molecular weight is 410 g/mol. The highest BCUT2D eigenvalue weighted by atomic mass is 32.2. The van der Waals surface area contributed by atoms with Crippen LogP contribution >= 0.6 is 0 Å². The van der Waals surface area contributed by atoms with E-state index in [-0.39, 0.29) is 27.4 Å². The summed E-state index contributed by atoms with van der Waals surface area (Å²) in [6, 6.07) is 18.3. The van der Waals surface area contributed by atoms with Gasteiger partial charge in [-0.25, -0.2) is 8.42 Å². The molecule has 6 heteroatoms. The van der Waals surface area contributed by atoms with Crippen LogP contribution in [-0.4, -0.2) is 19.4 Å². The van der Waals surface area contributed by atoms with E-state index in [4.69, 9.17) is 0 Å². The van der Waals surface area contributed by atoms with Crippen molar-refractivity contribution in [1.82, 2.24) is 0 Å². The van der Waals surface area contributed by atoms with E-state index in [9.17, 15) is 18.3 Å². The monoisotopic (exact) mass is 409 g/mol. The van der Waals surface area contributed by atoms with Crippen molar-refractivity contribution in [2.24, 2.45) is 0 Å². The van der Waals surface area contributed by atoms with Gasteiger partial charge in [-0.1, -0.05) is 50.2 Å². The van der Waals surface area contributed by atoms with Crippen LogP contribution in [-0.2, 0) is 9.84 Å². The minimum atomic E-state index is -3.99. The number of phenols is 1. The first kappa shape index (κ1) is 20.6. The zero-order valence-corrected chi connectivity index (χ0v) is 17.3. The van der Waals surface area contributed by atoms with Crippen LogP contribution in [0.5, 0.6) is 5.75 Å². The maximum atomic E-state index is 13.4. The Kier molecular flexibility index (Phi) is 5.75. The van der Waals surface area contributed by atoms with Crippen molar-refractivity contribution in [2.45, 2.75) is 36.5 Å². The number of hydrogen-bond acceptors (Lipinski definition) is 4. The van der Waals surface area contributed by atoms with E-state index in [1.54, 1.807) is 55.5 Å². The Bertz CT molecular complexity index is 1140. The quantitative estimate of drug-likeness (QED) is 0.587. The Morgan fingerprint density at radius 1 is 0.966 bits per heavy atom. The van der Waals surface area contributed by atoms with Gasteiger partial charge in [-0.3, -0.25) is 4.79 Å². The van der Waals surface area contributed by atoms with Crippen molar-refractivity contribution < 1.29 is 18.3 Å². The normalized spacial score (nSPS) is 11.4. The molecule has 5 nitrogen and oxygen atoms in total. The number of aryl methyl sites for hydroxylation is 1. The molecule has 0 atom stereocenters. The minimum absolute atomic E-state index is 0.0862. The second-order valence-electron chi connectivity index (χ2n) is 7.12. The largest absolute Gasteiger partial charge is 0.506 e. The van der Waals surface area contributed by atoms with Gasteiger partial charge in [0.2, 0.25) is 9.84 Å². The number of benzene rings is 3. The first-order chi connectivity index (χ1) is 13.7. The molecule has 0 aliphatic heterocycles. The maximum Gasteiger partial charge on any atom is 0.255 e. The molecule has 0 saturated carbocycles. The Labute approximate surface area is 171 Å². The number of carbonyl (C=O) groups excluding carboxylic acids is 1. The number of phenolic OH excluding ortho intramolecular Hbond substituents is 1. The standard InChI is InChI=1S/C23H23NO4S/c1-15(2)20-19(24-23(26)17-10-6-4-7-11-17)14-16(3)21(25)22(20)29(27,28)18-12-8-5-9-13-18/h4-15,25H,1-3H3,(H,24,26). The summed E-state index contributed by atoms with van der Waals surface area (Å²) < 4.78 is 26.7. The number of hydrogen-bond donors (Lipinski definition) is 2. The van der Waals surface area contributed by atoms with Crippen LogP contribution in [0.1, 0.15) is 41.3 Å². The predicted octanol–water partition coefficient (Wildman–Crippen LogP) is 4.91. The van der Waals surface area contributed by atoms with E-state index in [1.807, 2.05) is 19.9 Å². The summed E-state index contributed by atoms with van der Waals surface area (Å²) in [6.07, 6.45) is 0. The summed E-state index contributed by atoms with van der Waals surface area (Å²) in [6.45, 7) is 5.26. The molecular formula is C23H23NO4S. The van der Waals surface area contributed by atoms with Gasteiger partial charge >= 0.3 is 0 Å². The first-order valence-electron chi connectivity index (χ1n) is 9.26. The third-order valence-electron chi connectivity index (χ3n) is 4.67. The highest BCUT2D eigenvalue weighted by Crippen LogP contribution is 2.42. The fourth-order valence-corrected chi connectivity index (χ4v) is 5.04. The van der Waals surface area contributed by atoms with Crippen LogP contribution in [0.15, 0.2) is 76.5 Å². The van der Waals surface area contributed by atoms with Crippen LogP contribution in [0.3, 0.4) is 0 Å². The Hall–Kier alpha value is -3.12. The predicted molar refractivity (Wildman–Crippen MR) is 113 cm³/mol. The highest BCUT2D eigenvalue weighted by molar-refractivity contribution is 7.91. The number of anilines is 1. The number of amides is 1. The number of carbonyl (C=O) groups is 1. The Morgan fingerprint density at radius 3 is 2.07 bits per heavy atom. The molecule has 0 spiro atoms. The molecule has 0 saturated heterocycles. The van der Waals surface area contributed by atoms with Crippen LogP contribution < -0.4 is 5.32 Å². The third kappa shape index (κ3) is 4.03. The van der Waals surface area contributed by atoms with Gasteiger partial charge in [0.1, 0.15) is 10.6 Å². The second-order valence-corrected chi connectivity index (χ2v) is 9.01. The van der Waals surface area contributed by atoms with Crippen LogP contribution in [0, 0.1) is 6.92 Å². The molecule has 0 heterocycles. The number of nitrogens with one attached hydrogen (secondary N) is 1. The van der Waals surface area contributed by atoms with Crippen molar-refractivity contribution in [2.75, 3.05) is 5.32 Å². The highest BCUT2D eigenvalue weighted by Gasteiger charge is 2.30. The molecule has 0 fully saturated rings. The number of rotatable bonds is 5. The van der Waals surface area contributed by atoms with Crippen molar-refractivity contribution in [3.8, 4) is 5.75 Å². The fourth-order valence-electron chi connectivity index (χ4n) is 3.24. The molecule has 0 aliphatic carbocycles. The van der Waals surface area contributed by atoms with E-state index < -0.39 is 9.84 Å². The summed E-state index contributed by atoms with van der Waals surface area (Å²) in [7, 11) is -3.99. The topological polar surface area (TPSA) is 83.5 Å². The lowest BCUT2D eigenvalue weighted by Gasteiger charge is -2.21. The molecule has 0 aromatic heterocycles. The summed E-state index contributed by atoms with van der Waals surface area (Å²) in [5.74, 6) is -0.906. The molecule has 0 bridgehead atoms. The Morgan fingerprint density at radius 2 is 1.52 bits per heavy atom. The molecule has 1 amide bonds. The molecule has 150 valence electrons. The van der Waals surface area contributed by atoms with Crippen LogP contribution in [0.2, 0.25) is 0 Å². The van der Waals surface area contributed by atoms with E-state index >= 15 is 0 Å². The van der Waals surface area contributed by atoms with E-state index in [0.29, 0.717) is 22.4 Å². The van der Waals surface area contributed by atoms with Gasteiger partial charge < -0.3 is 10.4 Å². The van der Waals surface area contributed by atoms with Gasteiger partial charge in [-0.05, 0) is 48.7 Å². The third-order valence-corrected chi connectivity index (χ3v) is 6.51. The van der Waals surface area contributed by atoms with Crippen molar-refractivity contribution >= 4 is 21.4 Å². The molecule has 3 aromatic rings. The molecule has 0 aliphatic rings.